The second-order valence-electron chi connectivity index (χ2n) is 5.64. The Morgan fingerprint density at radius 3 is 2.60 bits per heavy atom. The first-order valence-electron chi connectivity index (χ1n) is 7.32. The van der Waals surface area contributed by atoms with Crippen molar-refractivity contribution in [3.8, 4) is 11.5 Å². The van der Waals surface area contributed by atoms with E-state index in [4.69, 9.17) is 9.47 Å². The first-order chi connectivity index (χ1) is 9.63. The maximum absolute atomic E-state index is 5.34. The number of hydrogen-bond acceptors (Lipinski definition) is 4. The molecule has 1 N–H and O–H groups in total. The van der Waals surface area contributed by atoms with Gasteiger partial charge in [0.25, 0.3) is 0 Å². The molecule has 1 heterocycles. The molecule has 2 rings (SSSR count). The molecule has 1 aliphatic heterocycles. The molecule has 1 unspecified atom stereocenters. The Bertz CT molecular complexity index is 434. The van der Waals surface area contributed by atoms with Crippen molar-refractivity contribution < 1.29 is 9.47 Å². The highest BCUT2D eigenvalue weighted by Gasteiger charge is 2.23. The van der Waals surface area contributed by atoms with Gasteiger partial charge in [-0.05, 0) is 44.5 Å². The van der Waals surface area contributed by atoms with Crippen molar-refractivity contribution in [2.45, 2.75) is 38.9 Å². The van der Waals surface area contributed by atoms with E-state index in [-0.39, 0.29) is 0 Å². The van der Waals surface area contributed by atoms with Gasteiger partial charge in [-0.15, -0.1) is 0 Å². The van der Waals surface area contributed by atoms with Crippen molar-refractivity contribution in [3.63, 3.8) is 0 Å². The van der Waals surface area contributed by atoms with Gasteiger partial charge in [-0.2, -0.15) is 0 Å². The summed E-state index contributed by atoms with van der Waals surface area (Å²) >= 11 is 0. The average molecular weight is 278 g/mol. The smallest absolute Gasteiger partial charge is 0.161 e. The number of nitrogens with zero attached hydrogens (tertiary/aromatic N) is 1. The lowest BCUT2D eigenvalue weighted by atomic mass is 10.1. The molecule has 1 atom stereocenters. The Hall–Kier alpha value is -1.26. The van der Waals surface area contributed by atoms with Crippen LogP contribution in [0.25, 0.3) is 0 Å². The fourth-order valence-electron chi connectivity index (χ4n) is 2.68. The topological polar surface area (TPSA) is 33.7 Å². The number of ether oxygens (including phenoxy) is 2. The monoisotopic (exact) mass is 278 g/mol. The number of benzene rings is 1. The molecule has 0 aromatic heterocycles. The van der Waals surface area contributed by atoms with Gasteiger partial charge in [0.1, 0.15) is 0 Å². The molecule has 1 aromatic carbocycles. The van der Waals surface area contributed by atoms with Gasteiger partial charge in [0.05, 0.1) is 14.2 Å². The van der Waals surface area contributed by atoms with Gasteiger partial charge < -0.3 is 14.8 Å². The molecule has 0 aliphatic carbocycles. The van der Waals surface area contributed by atoms with E-state index >= 15 is 0 Å². The highest BCUT2D eigenvalue weighted by molar-refractivity contribution is 5.42. The molecule has 4 heteroatoms. The van der Waals surface area contributed by atoms with Crippen LogP contribution in [0, 0.1) is 0 Å². The van der Waals surface area contributed by atoms with Crippen LogP contribution in [-0.4, -0.2) is 44.3 Å². The highest BCUT2D eigenvalue weighted by atomic mass is 16.5. The Labute approximate surface area is 122 Å². The van der Waals surface area contributed by atoms with Crippen molar-refractivity contribution in [3.05, 3.63) is 23.8 Å². The Morgan fingerprint density at radius 1 is 1.25 bits per heavy atom. The van der Waals surface area contributed by atoms with Crippen molar-refractivity contribution in [2.75, 3.05) is 27.3 Å². The van der Waals surface area contributed by atoms with E-state index in [1.165, 1.54) is 18.5 Å². The third kappa shape index (κ3) is 3.64. The largest absolute Gasteiger partial charge is 0.493 e. The molecule has 0 spiro atoms. The van der Waals surface area contributed by atoms with E-state index < -0.39 is 0 Å². The van der Waals surface area contributed by atoms with E-state index in [0.717, 1.165) is 24.6 Å². The van der Waals surface area contributed by atoms with Crippen LogP contribution >= 0.6 is 0 Å². The summed E-state index contributed by atoms with van der Waals surface area (Å²) in [5, 5.41) is 3.63. The lowest BCUT2D eigenvalue weighted by molar-refractivity contribution is 0.268. The second kappa shape index (κ2) is 6.95. The molecule has 0 amide bonds. The third-order valence-corrected chi connectivity index (χ3v) is 3.99. The normalized spacial score (nSPS) is 19.6. The Morgan fingerprint density at radius 2 is 2.00 bits per heavy atom. The van der Waals surface area contributed by atoms with Crippen LogP contribution in [0.4, 0.5) is 0 Å². The molecule has 0 saturated carbocycles. The lowest BCUT2D eigenvalue weighted by Crippen LogP contribution is -2.34. The molecular weight excluding hydrogens is 252 g/mol. The predicted molar refractivity (Wildman–Crippen MR) is 81.5 cm³/mol. The zero-order valence-corrected chi connectivity index (χ0v) is 13.0. The van der Waals surface area contributed by atoms with Crippen molar-refractivity contribution in [1.29, 1.82) is 0 Å². The van der Waals surface area contributed by atoms with Crippen molar-refractivity contribution >= 4 is 0 Å². The van der Waals surface area contributed by atoms with Gasteiger partial charge in [-0.3, -0.25) is 4.90 Å². The molecule has 20 heavy (non-hydrogen) atoms. The van der Waals surface area contributed by atoms with Crippen LogP contribution in [0.5, 0.6) is 11.5 Å². The van der Waals surface area contributed by atoms with Crippen molar-refractivity contribution in [2.24, 2.45) is 0 Å². The first-order valence-corrected chi connectivity index (χ1v) is 7.32. The molecule has 0 bridgehead atoms. The minimum Gasteiger partial charge on any atom is -0.493 e. The van der Waals surface area contributed by atoms with E-state index in [1.807, 2.05) is 12.1 Å². The molecule has 1 fully saturated rings. The van der Waals surface area contributed by atoms with Crippen LogP contribution in [-0.2, 0) is 6.54 Å². The molecule has 1 aliphatic rings. The lowest BCUT2D eigenvalue weighted by Gasteiger charge is -2.20. The number of likely N-dealkylation sites (tertiary alicyclic amines) is 1. The van der Waals surface area contributed by atoms with E-state index in [9.17, 15) is 0 Å². The summed E-state index contributed by atoms with van der Waals surface area (Å²) in [5.74, 6) is 1.57. The maximum Gasteiger partial charge on any atom is 0.161 e. The van der Waals surface area contributed by atoms with Gasteiger partial charge in [-0.25, -0.2) is 0 Å². The zero-order valence-electron chi connectivity index (χ0n) is 13.0. The molecule has 1 saturated heterocycles. The van der Waals surface area contributed by atoms with Gasteiger partial charge >= 0.3 is 0 Å². The molecule has 4 nitrogen and oxygen atoms in total. The highest BCUT2D eigenvalue weighted by Crippen LogP contribution is 2.27. The van der Waals surface area contributed by atoms with E-state index in [1.54, 1.807) is 14.2 Å². The maximum atomic E-state index is 5.34. The van der Waals surface area contributed by atoms with Crippen LogP contribution in [0.15, 0.2) is 18.2 Å². The second-order valence-corrected chi connectivity index (χ2v) is 5.64. The molecular formula is C16H26N2O2. The summed E-state index contributed by atoms with van der Waals surface area (Å²) < 4.78 is 10.6. The number of hydrogen-bond donors (Lipinski definition) is 1. The summed E-state index contributed by atoms with van der Waals surface area (Å²) in [7, 11) is 3.33. The zero-order chi connectivity index (χ0) is 14.5. The molecule has 112 valence electrons. The predicted octanol–water partition coefficient (Wildman–Crippen LogP) is 2.28. The summed E-state index contributed by atoms with van der Waals surface area (Å²) in [5.41, 5.74) is 1.23. The first kappa shape index (κ1) is 15.1. The van der Waals surface area contributed by atoms with Crippen LogP contribution < -0.4 is 14.8 Å². The fourth-order valence-corrected chi connectivity index (χ4v) is 2.68. The Balaban J connectivity index is 1.88. The fraction of sp³-hybridized carbons (Fsp3) is 0.625. The minimum atomic E-state index is 0.588. The van der Waals surface area contributed by atoms with Crippen LogP contribution in [0.2, 0.25) is 0 Å². The SMILES string of the molecule is COc1ccc(CNC2CCN(C(C)C)C2)cc1OC. The number of nitrogens with one attached hydrogen (secondary N) is 1. The van der Waals surface area contributed by atoms with Gasteiger partial charge in [-0.1, -0.05) is 6.07 Å². The molecule has 0 radical (unpaired) electrons. The van der Waals surface area contributed by atoms with E-state index in [0.29, 0.717) is 12.1 Å². The average Bonchev–Trinajstić information content (AvgIpc) is 2.94. The van der Waals surface area contributed by atoms with Gasteiger partial charge in [0, 0.05) is 25.2 Å². The quantitative estimate of drug-likeness (QED) is 0.865. The van der Waals surface area contributed by atoms with Crippen molar-refractivity contribution in [1.82, 2.24) is 10.2 Å². The van der Waals surface area contributed by atoms with E-state index in [2.05, 4.69) is 30.1 Å². The summed E-state index contributed by atoms with van der Waals surface area (Å²) in [6, 6.07) is 7.32. The van der Waals surface area contributed by atoms with Crippen LogP contribution in [0.1, 0.15) is 25.8 Å². The third-order valence-electron chi connectivity index (χ3n) is 3.99. The Kier molecular flexibility index (Phi) is 5.26. The minimum absolute atomic E-state index is 0.588. The molecule has 1 aromatic rings. The summed E-state index contributed by atoms with van der Waals surface area (Å²) in [6.45, 7) is 7.73. The number of rotatable bonds is 6. The van der Waals surface area contributed by atoms with Crippen LogP contribution in [0.3, 0.4) is 0 Å². The summed E-state index contributed by atoms with van der Waals surface area (Å²) in [4.78, 5) is 2.52. The number of methoxy groups -OCH3 is 2. The van der Waals surface area contributed by atoms with Gasteiger partial charge in [0.15, 0.2) is 11.5 Å². The standard InChI is InChI=1S/C16H26N2O2/c1-12(2)18-8-7-14(11-18)17-10-13-5-6-15(19-3)16(9-13)20-4/h5-6,9,12,14,17H,7-8,10-11H2,1-4H3. The van der Waals surface area contributed by atoms with Gasteiger partial charge in [0.2, 0.25) is 0 Å². The summed E-state index contributed by atoms with van der Waals surface area (Å²) in [6.07, 6.45) is 1.23.